The van der Waals surface area contributed by atoms with E-state index in [0.717, 1.165) is 47.0 Å². The monoisotopic (exact) mass is 489 g/mol. The summed E-state index contributed by atoms with van der Waals surface area (Å²) in [4.78, 5) is 29.4. The maximum atomic E-state index is 13.2. The van der Waals surface area contributed by atoms with Gasteiger partial charge in [0.2, 0.25) is 5.91 Å². The van der Waals surface area contributed by atoms with E-state index in [2.05, 4.69) is 14.8 Å². The Balaban J connectivity index is 1.13. The fourth-order valence-corrected chi connectivity index (χ4v) is 5.24. The molecule has 3 aliphatic rings. The van der Waals surface area contributed by atoms with Crippen LogP contribution < -0.4 is 9.64 Å². The number of carbonyl (C=O) groups excluding carboxylic acids is 2. The van der Waals surface area contributed by atoms with Crippen molar-refractivity contribution in [3.63, 3.8) is 0 Å². The van der Waals surface area contributed by atoms with Crippen LogP contribution in [0.3, 0.4) is 0 Å². The molecule has 1 saturated carbocycles. The third-order valence-corrected chi connectivity index (χ3v) is 7.40. The second-order valence-electron chi connectivity index (χ2n) is 10.1. The van der Waals surface area contributed by atoms with Crippen molar-refractivity contribution in [2.75, 3.05) is 24.6 Å². The number of nitrogens with zero attached hydrogens (tertiary/aromatic N) is 7. The topological polar surface area (TPSA) is 98.4 Å². The third-order valence-electron chi connectivity index (χ3n) is 7.40. The Hall–Kier alpha value is -3.69. The van der Waals surface area contributed by atoms with Crippen LogP contribution in [0.1, 0.15) is 42.5 Å². The normalized spacial score (nSPS) is 17.1. The zero-order valence-corrected chi connectivity index (χ0v) is 20.8. The Kier molecular flexibility index (Phi) is 5.73. The molecule has 1 fully saturated rings. The summed E-state index contributed by atoms with van der Waals surface area (Å²) in [6.07, 6.45) is 6.03. The molecule has 0 saturated heterocycles. The van der Waals surface area contributed by atoms with Crippen LogP contribution in [0, 0.1) is 12.8 Å². The molecule has 0 radical (unpaired) electrons. The van der Waals surface area contributed by atoms with Gasteiger partial charge in [-0.2, -0.15) is 5.10 Å². The Bertz CT molecular complexity index is 1320. The molecule has 0 spiro atoms. The predicted molar refractivity (Wildman–Crippen MR) is 132 cm³/mol. The van der Waals surface area contributed by atoms with Gasteiger partial charge in [-0.1, -0.05) is 6.07 Å². The molecule has 0 atom stereocenters. The number of hydrogen-bond acceptors (Lipinski definition) is 6. The maximum absolute atomic E-state index is 13.2. The fourth-order valence-electron chi connectivity index (χ4n) is 5.24. The number of amides is 2. The van der Waals surface area contributed by atoms with Gasteiger partial charge in [0.25, 0.3) is 5.91 Å². The van der Waals surface area contributed by atoms with Gasteiger partial charge in [-0.25, -0.2) is 0 Å². The second kappa shape index (κ2) is 9.07. The van der Waals surface area contributed by atoms with Crippen molar-refractivity contribution in [3.8, 4) is 17.3 Å². The largest absolute Gasteiger partial charge is 0.482 e. The van der Waals surface area contributed by atoms with E-state index in [4.69, 9.17) is 9.84 Å². The number of carbonyl (C=O) groups is 2. The van der Waals surface area contributed by atoms with Crippen molar-refractivity contribution < 1.29 is 14.3 Å². The molecule has 1 aliphatic carbocycles. The number of ether oxygens (including phenoxy) is 1. The number of anilines is 1. The first-order chi connectivity index (χ1) is 17.5. The molecule has 1 aromatic carbocycles. The molecule has 2 aromatic heterocycles. The summed E-state index contributed by atoms with van der Waals surface area (Å²) in [5, 5.41) is 13.3. The summed E-state index contributed by atoms with van der Waals surface area (Å²) in [5.74, 6) is 2.23. The summed E-state index contributed by atoms with van der Waals surface area (Å²) < 4.78 is 9.59. The second-order valence-corrected chi connectivity index (χ2v) is 10.1. The van der Waals surface area contributed by atoms with Gasteiger partial charge in [0, 0.05) is 57.3 Å². The van der Waals surface area contributed by atoms with Gasteiger partial charge in [-0.05, 0) is 49.8 Å². The molecule has 2 amide bonds. The Morgan fingerprint density at radius 3 is 2.94 bits per heavy atom. The number of aromatic nitrogens is 5. The molecule has 36 heavy (non-hydrogen) atoms. The molecule has 0 unspecified atom stereocenters. The molecule has 10 nitrogen and oxygen atoms in total. The molecule has 188 valence electrons. The smallest absolute Gasteiger partial charge is 0.265 e. The first-order valence-electron chi connectivity index (χ1n) is 12.7. The molecular formula is C26H31N7O3. The van der Waals surface area contributed by atoms with Crippen molar-refractivity contribution in [2.45, 2.75) is 52.1 Å². The van der Waals surface area contributed by atoms with Crippen molar-refractivity contribution in [1.29, 1.82) is 0 Å². The molecule has 0 N–H and O–H groups in total. The highest BCUT2D eigenvalue weighted by atomic mass is 16.5. The Morgan fingerprint density at radius 1 is 1.25 bits per heavy atom. The minimum atomic E-state index is -0.0709. The van der Waals surface area contributed by atoms with E-state index in [0.29, 0.717) is 44.1 Å². The van der Waals surface area contributed by atoms with E-state index in [1.54, 1.807) is 11.2 Å². The highest BCUT2D eigenvalue weighted by Gasteiger charge is 2.31. The quantitative estimate of drug-likeness (QED) is 0.506. The molecule has 0 bridgehead atoms. The predicted octanol–water partition coefficient (Wildman–Crippen LogP) is 2.49. The lowest BCUT2D eigenvalue weighted by Gasteiger charge is -2.30. The standard InChI is InChI=1S/C26H31N7O3/c1-17-5-8-22-21(12-17)33(24(35)15-36-22)10-3-4-23(34)31-11-9-20-19(14-31)25(29-30(20)2)26-28-27-16-32(26)13-18-6-7-18/h5,8,12,16,18H,3-4,6-7,9-11,13-15H2,1-2H3. The SMILES string of the molecule is Cc1ccc2c(c1)N(CCCC(=O)N1CCc3c(c(-c4nncn4CC4CC4)nn3C)C1)C(=O)CO2. The fraction of sp³-hybridized carbons (Fsp3) is 0.500. The van der Waals surface area contributed by atoms with E-state index in [1.165, 1.54) is 12.8 Å². The van der Waals surface area contributed by atoms with Gasteiger partial charge in [0.1, 0.15) is 17.8 Å². The lowest BCUT2D eigenvalue weighted by Crippen LogP contribution is -2.40. The summed E-state index contributed by atoms with van der Waals surface area (Å²) in [5.41, 5.74) is 4.90. The number of benzene rings is 1. The summed E-state index contributed by atoms with van der Waals surface area (Å²) in [6.45, 7) is 4.62. The van der Waals surface area contributed by atoms with Gasteiger partial charge < -0.3 is 19.1 Å². The van der Waals surface area contributed by atoms with Gasteiger partial charge in [-0.15, -0.1) is 10.2 Å². The van der Waals surface area contributed by atoms with Crippen LogP contribution in [0.25, 0.3) is 11.5 Å². The van der Waals surface area contributed by atoms with Crippen LogP contribution in [0.5, 0.6) is 5.75 Å². The molecule has 4 heterocycles. The van der Waals surface area contributed by atoms with Crippen LogP contribution in [0.15, 0.2) is 24.5 Å². The number of aryl methyl sites for hydroxylation is 2. The average Bonchev–Trinajstić information content (AvgIpc) is 3.48. The van der Waals surface area contributed by atoms with Crippen molar-refractivity contribution in [1.82, 2.24) is 29.4 Å². The average molecular weight is 490 g/mol. The summed E-state index contributed by atoms with van der Waals surface area (Å²) in [7, 11) is 1.96. The zero-order valence-electron chi connectivity index (χ0n) is 20.8. The van der Waals surface area contributed by atoms with E-state index >= 15 is 0 Å². The van der Waals surface area contributed by atoms with Crippen molar-refractivity contribution in [2.24, 2.45) is 13.0 Å². The Labute approximate surface area is 209 Å². The highest BCUT2D eigenvalue weighted by molar-refractivity contribution is 5.98. The maximum Gasteiger partial charge on any atom is 0.265 e. The molecule has 10 heteroatoms. The highest BCUT2D eigenvalue weighted by Crippen LogP contribution is 2.35. The molecular weight excluding hydrogens is 458 g/mol. The van der Waals surface area contributed by atoms with E-state index in [-0.39, 0.29) is 18.4 Å². The number of hydrogen-bond donors (Lipinski definition) is 0. The van der Waals surface area contributed by atoms with Gasteiger partial charge in [0.15, 0.2) is 12.4 Å². The number of rotatable bonds is 7. The van der Waals surface area contributed by atoms with Gasteiger partial charge in [0.05, 0.1) is 5.69 Å². The third kappa shape index (κ3) is 4.25. The first-order valence-corrected chi connectivity index (χ1v) is 12.7. The lowest BCUT2D eigenvalue weighted by molar-refractivity contribution is -0.132. The summed E-state index contributed by atoms with van der Waals surface area (Å²) >= 11 is 0. The first kappa shape index (κ1) is 22.8. The minimum Gasteiger partial charge on any atom is -0.482 e. The van der Waals surface area contributed by atoms with Gasteiger partial charge in [-0.3, -0.25) is 14.3 Å². The number of fused-ring (bicyclic) bond motifs is 2. The lowest BCUT2D eigenvalue weighted by atomic mass is 10.0. The van der Waals surface area contributed by atoms with Crippen molar-refractivity contribution in [3.05, 3.63) is 41.3 Å². The Morgan fingerprint density at radius 2 is 2.11 bits per heavy atom. The van der Waals surface area contributed by atoms with Crippen LogP contribution in [0.4, 0.5) is 5.69 Å². The zero-order chi connectivity index (χ0) is 24.8. The van der Waals surface area contributed by atoms with Crippen LogP contribution in [0.2, 0.25) is 0 Å². The van der Waals surface area contributed by atoms with Crippen LogP contribution in [-0.2, 0) is 36.1 Å². The molecule has 3 aromatic rings. The molecule has 2 aliphatic heterocycles. The van der Waals surface area contributed by atoms with Crippen LogP contribution in [-0.4, -0.2) is 61.0 Å². The minimum absolute atomic E-state index is 0.0358. The van der Waals surface area contributed by atoms with Crippen molar-refractivity contribution >= 4 is 17.5 Å². The van der Waals surface area contributed by atoms with Crippen LogP contribution >= 0.6 is 0 Å². The van der Waals surface area contributed by atoms with E-state index in [9.17, 15) is 9.59 Å². The van der Waals surface area contributed by atoms with Gasteiger partial charge >= 0.3 is 0 Å². The van der Waals surface area contributed by atoms with E-state index < -0.39 is 0 Å². The summed E-state index contributed by atoms with van der Waals surface area (Å²) in [6, 6.07) is 5.84. The molecule has 6 rings (SSSR count). The van der Waals surface area contributed by atoms with E-state index in [1.807, 2.05) is 41.8 Å².